The van der Waals surface area contributed by atoms with Gasteiger partial charge in [-0.1, -0.05) is 0 Å². The van der Waals surface area contributed by atoms with Gasteiger partial charge in [0, 0.05) is 18.9 Å². The zero-order chi connectivity index (χ0) is 10.5. The summed E-state index contributed by atoms with van der Waals surface area (Å²) in [4.78, 5) is 19.2. The molecule has 0 spiro atoms. The summed E-state index contributed by atoms with van der Waals surface area (Å²) in [6.45, 7) is 2.77. The first-order chi connectivity index (χ1) is 7.36. The number of amides is 1. The van der Waals surface area contributed by atoms with Gasteiger partial charge in [-0.3, -0.25) is 4.79 Å². The van der Waals surface area contributed by atoms with E-state index in [1.54, 1.807) is 0 Å². The van der Waals surface area contributed by atoms with E-state index >= 15 is 0 Å². The number of nitrogens with one attached hydrogen (secondary N) is 2. The van der Waals surface area contributed by atoms with E-state index in [9.17, 15) is 4.79 Å². The van der Waals surface area contributed by atoms with Crippen LogP contribution >= 0.6 is 0 Å². The predicted molar refractivity (Wildman–Crippen MR) is 55.3 cm³/mol. The molecular formula is C10H14N4O. The normalized spacial score (nSPS) is 20.1. The zero-order valence-corrected chi connectivity index (χ0v) is 8.44. The molecule has 1 amide bonds. The van der Waals surface area contributed by atoms with Crippen LogP contribution < -0.4 is 10.6 Å². The molecule has 1 unspecified atom stereocenters. The summed E-state index contributed by atoms with van der Waals surface area (Å²) in [5, 5.41) is 6.14. The number of nitrogens with zero attached hydrogens (tertiary/aromatic N) is 2. The molecule has 0 radical (unpaired) electrons. The molecule has 15 heavy (non-hydrogen) atoms. The SMILES string of the molecule is O=C(NCC1CCNC1)c1cncnc1. The smallest absolute Gasteiger partial charge is 0.254 e. The lowest BCUT2D eigenvalue weighted by Crippen LogP contribution is -2.30. The third-order valence-electron chi connectivity index (χ3n) is 2.54. The number of hydrogen-bond acceptors (Lipinski definition) is 4. The third kappa shape index (κ3) is 2.73. The molecule has 80 valence electrons. The van der Waals surface area contributed by atoms with Crippen molar-refractivity contribution in [3.63, 3.8) is 0 Å². The Morgan fingerprint density at radius 3 is 3.00 bits per heavy atom. The van der Waals surface area contributed by atoms with Gasteiger partial charge in [0.15, 0.2) is 0 Å². The van der Waals surface area contributed by atoms with Gasteiger partial charge in [0.25, 0.3) is 5.91 Å². The van der Waals surface area contributed by atoms with Gasteiger partial charge in [-0.05, 0) is 25.4 Å². The first kappa shape index (κ1) is 10.0. The third-order valence-corrected chi connectivity index (χ3v) is 2.54. The molecular weight excluding hydrogens is 192 g/mol. The number of rotatable bonds is 3. The van der Waals surface area contributed by atoms with Crippen LogP contribution in [0.3, 0.4) is 0 Å². The molecule has 1 saturated heterocycles. The standard InChI is InChI=1S/C10H14N4O/c15-10(9-5-12-7-13-6-9)14-4-8-1-2-11-3-8/h5-8,11H,1-4H2,(H,14,15). The van der Waals surface area contributed by atoms with Crippen LogP contribution in [0.1, 0.15) is 16.8 Å². The van der Waals surface area contributed by atoms with Crippen LogP contribution in [0.5, 0.6) is 0 Å². The summed E-state index contributed by atoms with van der Waals surface area (Å²) in [6.07, 6.45) is 5.59. The molecule has 2 heterocycles. The summed E-state index contributed by atoms with van der Waals surface area (Å²) in [6, 6.07) is 0. The Bertz CT molecular complexity index is 321. The van der Waals surface area contributed by atoms with Crippen LogP contribution in [0.25, 0.3) is 0 Å². The van der Waals surface area contributed by atoms with Gasteiger partial charge in [0.1, 0.15) is 6.33 Å². The quantitative estimate of drug-likeness (QED) is 0.719. The molecule has 0 aliphatic carbocycles. The van der Waals surface area contributed by atoms with Crippen LogP contribution in [-0.4, -0.2) is 35.5 Å². The topological polar surface area (TPSA) is 66.9 Å². The van der Waals surface area contributed by atoms with Gasteiger partial charge in [-0.15, -0.1) is 0 Å². The lowest BCUT2D eigenvalue weighted by molar-refractivity contribution is 0.0947. The number of carbonyl (C=O) groups excluding carboxylic acids is 1. The Hall–Kier alpha value is -1.49. The monoisotopic (exact) mass is 206 g/mol. The van der Waals surface area contributed by atoms with E-state index in [4.69, 9.17) is 0 Å². The van der Waals surface area contributed by atoms with Crippen molar-refractivity contribution in [1.29, 1.82) is 0 Å². The molecule has 0 saturated carbocycles. The molecule has 0 aromatic carbocycles. The highest BCUT2D eigenvalue weighted by molar-refractivity contribution is 5.93. The van der Waals surface area contributed by atoms with Gasteiger partial charge in [-0.2, -0.15) is 0 Å². The van der Waals surface area contributed by atoms with Crippen LogP contribution in [0, 0.1) is 5.92 Å². The van der Waals surface area contributed by atoms with Crippen molar-refractivity contribution in [2.45, 2.75) is 6.42 Å². The molecule has 0 bridgehead atoms. The van der Waals surface area contributed by atoms with Gasteiger partial charge in [-0.25, -0.2) is 9.97 Å². The summed E-state index contributed by atoms with van der Waals surface area (Å²) < 4.78 is 0. The number of hydrogen-bond donors (Lipinski definition) is 2. The highest BCUT2D eigenvalue weighted by Gasteiger charge is 2.15. The molecule has 1 aliphatic heterocycles. The first-order valence-corrected chi connectivity index (χ1v) is 5.10. The van der Waals surface area contributed by atoms with Crippen molar-refractivity contribution in [2.75, 3.05) is 19.6 Å². The maximum Gasteiger partial charge on any atom is 0.254 e. The van der Waals surface area contributed by atoms with Gasteiger partial charge >= 0.3 is 0 Å². The molecule has 2 rings (SSSR count). The second-order valence-electron chi connectivity index (χ2n) is 3.70. The van der Waals surface area contributed by atoms with E-state index in [0.717, 1.165) is 26.1 Å². The van der Waals surface area contributed by atoms with E-state index < -0.39 is 0 Å². The van der Waals surface area contributed by atoms with Crippen molar-refractivity contribution in [3.8, 4) is 0 Å². The lowest BCUT2D eigenvalue weighted by atomic mass is 10.1. The van der Waals surface area contributed by atoms with Crippen LogP contribution in [0.4, 0.5) is 0 Å². The fourth-order valence-corrected chi connectivity index (χ4v) is 1.64. The average Bonchev–Trinajstić information content (AvgIpc) is 2.80. The van der Waals surface area contributed by atoms with Gasteiger partial charge in [0.2, 0.25) is 0 Å². The fourth-order valence-electron chi connectivity index (χ4n) is 1.64. The maximum absolute atomic E-state index is 11.6. The van der Waals surface area contributed by atoms with Crippen molar-refractivity contribution in [2.24, 2.45) is 5.92 Å². The zero-order valence-electron chi connectivity index (χ0n) is 8.44. The molecule has 1 aliphatic rings. The summed E-state index contributed by atoms with van der Waals surface area (Å²) in [7, 11) is 0. The summed E-state index contributed by atoms with van der Waals surface area (Å²) in [5.74, 6) is 0.459. The summed E-state index contributed by atoms with van der Waals surface area (Å²) >= 11 is 0. The Morgan fingerprint density at radius 1 is 1.53 bits per heavy atom. The van der Waals surface area contributed by atoms with E-state index in [-0.39, 0.29) is 5.91 Å². The Kier molecular flexibility index (Phi) is 3.24. The van der Waals surface area contributed by atoms with Crippen LogP contribution in [0.2, 0.25) is 0 Å². The van der Waals surface area contributed by atoms with Gasteiger partial charge in [0.05, 0.1) is 5.56 Å². The molecule has 5 heteroatoms. The fraction of sp³-hybridized carbons (Fsp3) is 0.500. The number of carbonyl (C=O) groups is 1. The largest absolute Gasteiger partial charge is 0.352 e. The van der Waals surface area contributed by atoms with Crippen molar-refractivity contribution in [3.05, 3.63) is 24.3 Å². The Balaban J connectivity index is 1.82. The first-order valence-electron chi connectivity index (χ1n) is 5.10. The van der Waals surface area contributed by atoms with Crippen molar-refractivity contribution >= 4 is 5.91 Å². The molecule has 1 aromatic heterocycles. The molecule has 1 fully saturated rings. The van der Waals surface area contributed by atoms with Gasteiger partial charge < -0.3 is 10.6 Å². The Labute approximate surface area is 88.3 Å². The molecule has 2 N–H and O–H groups in total. The second kappa shape index (κ2) is 4.84. The van der Waals surface area contributed by atoms with E-state index in [2.05, 4.69) is 20.6 Å². The van der Waals surface area contributed by atoms with Crippen molar-refractivity contribution in [1.82, 2.24) is 20.6 Å². The highest BCUT2D eigenvalue weighted by Crippen LogP contribution is 2.05. The molecule has 1 aromatic rings. The van der Waals surface area contributed by atoms with E-state index in [1.165, 1.54) is 18.7 Å². The van der Waals surface area contributed by atoms with E-state index in [0.29, 0.717) is 11.5 Å². The van der Waals surface area contributed by atoms with E-state index in [1.807, 2.05) is 0 Å². The Morgan fingerprint density at radius 2 is 2.33 bits per heavy atom. The van der Waals surface area contributed by atoms with Crippen molar-refractivity contribution < 1.29 is 4.79 Å². The second-order valence-corrected chi connectivity index (χ2v) is 3.70. The predicted octanol–water partition coefficient (Wildman–Crippen LogP) is -0.184. The minimum atomic E-state index is -0.0949. The van der Waals surface area contributed by atoms with Crippen LogP contribution in [0.15, 0.2) is 18.7 Å². The average molecular weight is 206 g/mol. The number of aromatic nitrogens is 2. The molecule has 1 atom stereocenters. The lowest BCUT2D eigenvalue weighted by Gasteiger charge is -2.09. The molecule has 5 nitrogen and oxygen atoms in total. The highest BCUT2D eigenvalue weighted by atomic mass is 16.1. The minimum absolute atomic E-state index is 0.0949. The minimum Gasteiger partial charge on any atom is -0.352 e. The van der Waals surface area contributed by atoms with Crippen LogP contribution in [-0.2, 0) is 0 Å². The maximum atomic E-state index is 11.6. The summed E-state index contributed by atoms with van der Waals surface area (Å²) in [5.41, 5.74) is 0.517.